The van der Waals surface area contributed by atoms with E-state index >= 15 is 0 Å². The standard InChI is InChI=1S/C28H49N3O7/c1-2-3-4-5-6-7-8-9-10-11-12-13-14-15-16-17-20-37-28(36)30-23-18-19-31(27(35)29-23)26-25(34)24(33)22(21-32)38-26/h18-19,22,24-26,32-34H,2-17,20-21H2,1H3,(H,29,30,35,36)/t22-,24-,25+,26-/m1/s1. The fourth-order valence-corrected chi connectivity index (χ4v) is 4.74. The van der Waals surface area contributed by atoms with Crippen LogP contribution in [0.4, 0.5) is 10.6 Å². The third kappa shape index (κ3) is 11.8. The molecule has 0 aromatic carbocycles. The molecule has 1 fully saturated rings. The number of amides is 1. The predicted molar refractivity (Wildman–Crippen MR) is 146 cm³/mol. The molecule has 2 rings (SSSR count). The summed E-state index contributed by atoms with van der Waals surface area (Å²) in [6, 6.07) is 1.37. The van der Waals surface area contributed by atoms with Crippen LogP contribution in [0.15, 0.2) is 17.1 Å². The van der Waals surface area contributed by atoms with Crippen molar-refractivity contribution in [2.24, 2.45) is 0 Å². The predicted octanol–water partition coefficient (Wildman–Crippen LogP) is 4.66. The molecule has 10 heteroatoms. The van der Waals surface area contributed by atoms with E-state index in [-0.39, 0.29) is 5.82 Å². The molecule has 0 bridgehead atoms. The van der Waals surface area contributed by atoms with Gasteiger partial charge in [-0.15, -0.1) is 0 Å². The van der Waals surface area contributed by atoms with Gasteiger partial charge in [0.25, 0.3) is 0 Å². The SMILES string of the molecule is CCCCCCCCCCCCCCCCCCOC(=O)Nc1ccn([C@@H]2O[C@H](CO)[C@@H](O)[C@@H]2O)c(=O)n1. The lowest BCUT2D eigenvalue weighted by atomic mass is 10.0. The molecule has 4 atom stereocenters. The van der Waals surface area contributed by atoms with Crippen molar-refractivity contribution in [3.63, 3.8) is 0 Å². The minimum Gasteiger partial charge on any atom is -0.449 e. The van der Waals surface area contributed by atoms with Crippen molar-refractivity contribution in [1.29, 1.82) is 0 Å². The number of anilines is 1. The summed E-state index contributed by atoms with van der Waals surface area (Å²) in [7, 11) is 0. The van der Waals surface area contributed by atoms with Crippen LogP contribution in [0.2, 0.25) is 0 Å². The molecule has 1 aliphatic heterocycles. The minimum absolute atomic E-state index is 0.00923. The molecular formula is C28H49N3O7. The first-order valence-electron chi connectivity index (χ1n) is 14.6. The van der Waals surface area contributed by atoms with Gasteiger partial charge in [0.1, 0.15) is 24.1 Å². The molecule has 1 saturated heterocycles. The Morgan fingerprint density at radius 2 is 1.45 bits per heavy atom. The summed E-state index contributed by atoms with van der Waals surface area (Å²) >= 11 is 0. The Balaban J connectivity index is 1.47. The zero-order valence-electron chi connectivity index (χ0n) is 23.1. The van der Waals surface area contributed by atoms with E-state index in [0.29, 0.717) is 6.61 Å². The maximum absolute atomic E-state index is 12.3. The highest BCUT2D eigenvalue weighted by atomic mass is 16.6. The lowest BCUT2D eigenvalue weighted by Gasteiger charge is -2.17. The van der Waals surface area contributed by atoms with Crippen LogP contribution in [-0.2, 0) is 9.47 Å². The van der Waals surface area contributed by atoms with E-state index in [2.05, 4.69) is 17.2 Å². The number of hydrogen-bond donors (Lipinski definition) is 4. The molecule has 38 heavy (non-hydrogen) atoms. The molecule has 1 amide bonds. The second-order valence-electron chi connectivity index (χ2n) is 10.3. The van der Waals surface area contributed by atoms with Crippen molar-refractivity contribution in [2.45, 2.75) is 134 Å². The molecule has 218 valence electrons. The van der Waals surface area contributed by atoms with Gasteiger partial charge in [0, 0.05) is 6.20 Å². The Bertz CT molecular complexity index is 835. The minimum atomic E-state index is -1.39. The molecule has 1 aromatic heterocycles. The van der Waals surface area contributed by atoms with Gasteiger partial charge in [-0.2, -0.15) is 4.98 Å². The second-order valence-corrected chi connectivity index (χ2v) is 10.3. The fourth-order valence-electron chi connectivity index (χ4n) is 4.74. The van der Waals surface area contributed by atoms with Gasteiger partial charge in [0.2, 0.25) is 0 Å². The number of hydrogen-bond acceptors (Lipinski definition) is 8. The number of aliphatic hydroxyl groups is 3. The highest BCUT2D eigenvalue weighted by Crippen LogP contribution is 2.28. The van der Waals surface area contributed by atoms with Crippen LogP contribution in [-0.4, -0.2) is 62.5 Å². The quantitative estimate of drug-likeness (QED) is 0.175. The highest BCUT2D eigenvalue weighted by molar-refractivity contribution is 5.83. The van der Waals surface area contributed by atoms with Crippen LogP contribution in [0.5, 0.6) is 0 Å². The molecule has 0 spiro atoms. The third-order valence-electron chi connectivity index (χ3n) is 7.08. The van der Waals surface area contributed by atoms with Gasteiger partial charge in [-0.25, -0.2) is 9.59 Å². The van der Waals surface area contributed by atoms with E-state index in [0.717, 1.165) is 23.8 Å². The van der Waals surface area contributed by atoms with Crippen LogP contribution in [0, 0.1) is 0 Å². The molecular weight excluding hydrogens is 490 g/mol. The largest absolute Gasteiger partial charge is 0.449 e. The lowest BCUT2D eigenvalue weighted by molar-refractivity contribution is -0.0549. The molecule has 0 radical (unpaired) electrons. The van der Waals surface area contributed by atoms with E-state index < -0.39 is 42.9 Å². The summed E-state index contributed by atoms with van der Waals surface area (Å²) in [6.07, 6.45) is 16.1. The summed E-state index contributed by atoms with van der Waals surface area (Å²) < 4.78 is 11.5. The van der Waals surface area contributed by atoms with Crippen molar-refractivity contribution in [2.75, 3.05) is 18.5 Å². The van der Waals surface area contributed by atoms with E-state index in [9.17, 15) is 24.9 Å². The molecule has 10 nitrogen and oxygen atoms in total. The monoisotopic (exact) mass is 539 g/mol. The van der Waals surface area contributed by atoms with Gasteiger partial charge in [-0.1, -0.05) is 103 Å². The number of unbranched alkanes of at least 4 members (excludes halogenated alkanes) is 15. The van der Waals surface area contributed by atoms with Crippen molar-refractivity contribution in [1.82, 2.24) is 9.55 Å². The average molecular weight is 540 g/mol. The van der Waals surface area contributed by atoms with Gasteiger partial charge in [0.05, 0.1) is 13.2 Å². The maximum atomic E-state index is 12.3. The van der Waals surface area contributed by atoms with Gasteiger partial charge in [-0.3, -0.25) is 9.88 Å². The smallest absolute Gasteiger partial charge is 0.412 e. The number of nitrogens with zero attached hydrogens (tertiary/aromatic N) is 2. The molecule has 1 aliphatic rings. The van der Waals surface area contributed by atoms with Crippen LogP contribution < -0.4 is 11.0 Å². The Morgan fingerprint density at radius 3 is 1.92 bits per heavy atom. The van der Waals surface area contributed by atoms with Gasteiger partial charge >= 0.3 is 11.8 Å². The van der Waals surface area contributed by atoms with E-state index in [1.54, 1.807) is 0 Å². The van der Waals surface area contributed by atoms with Gasteiger partial charge < -0.3 is 24.8 Å². The van der Waals surface area contributed by atoms with Gasteiger partial charge in [-0.05, 0) is 12.5 Å². The van der Waals surface area contributed by atoms with E-state index in [1.807, 2.05) is 0 Å². The zero-order valence-corrected chi connectivity index (χ0v) is 23.1. The van der Waals surface area contributed by atoms with Crippen molar-refractivity contribution in [3.05, 3.63) is 22.7 Å². The number of carbonyl (C=O) groups is 1. The number of carbonyl (C=O) groups excluding carboxylic acids is 1. The Kier molecular flexibility index (Phi) is 16.2. The number of aromatic nitrogens is 2. The Labute approximate surface area is 226 Å². The normalized spacial score (nSPS) is 21.1. The van der Waals surface area contributed by atoms with Crippen molar-refractivity contribution >= 4 is 11.9 Å². The summed E-state index contributed by atoms with van der Waals surface area (Å²) in [4.78, 5) is 28.1. The first kappa shape index (κ1) is 32.2. The zero-order chi connectivity index (χ0) is 27.6. The van der Waals surface area contributed by atoms with Crippen molar-refractivity contribution in [3.8, 4) is 0 Å². The third-order valence-corrected chi connectivity index (χ3v) is 7.08. The molecule has 0 saturated carbocycles. The molecule has 1 aromatic rings. The summed E-state index contributed by atoms with van der Waals surface area (Å²) in [5, 5.41) is 31.5. The summed E-state index contributed by atoms with van der Waals surface area (Å²) in [5.41, 5.74) is -0.782. The van der Waals surface area contributed by atoms with Gasteiger partial charge in [0.15, 0.2) is 6.23 Å². The van der Waals surface area contributed by atoms with Crippen molar-refractivity contribution < 1.29 is 29.6 Å². The Morgan fingerprint density at radius 1 is 0.921 bits per heavy atom. The van der Waals surface area contributed by atoms with Crippen LogP contribution >= 0.6 is 0 Å². The first-order chi connectivity index (χ1) is 18.5. The first-order valence-corrected chi connectivity index (χ1v) is 14.6. The van der Waals surface area contributed by atoms with E-state index in [4.69, 9.17) is 9.47 Å². The summed E-state index contributed by atoms with van der Waals surface area (Å²) in [6.45, 7) is 2.06. The van der Waals surface area contributed by atoms with Crippen LogP contribution in [0.1, 0.15) is 116 Å². The summed E-state index contributed by atoms with van der Waals surface area (Å²) in [5.74, 6) is 0.00923. The number of aliphatic hydroxyl groups excluding tert-OH is 3. The van der Waals surface area contributed by atoms with Crippen LogP contribution in [0.3, 0.4) is 0 Å². The van der Waals surface area contributed by atoms with Crippen LogP contribution in [0.25, 0.3) is 0 Å². The maximum Gasteiger partial charge on any atom is 0.412 e. The molecule has 0 aliphatic carbocycles. The number of ether oxygens (including phenoxy) is 2. The second kappa shape index (κ2) is 19.1. The fraction of sp³-hybridized carbons (Fsp3) is 0.821. The number of nitrogens with one attached hydrogen (secondary N) is 1. The van der Waals surface area contributed by atoms with E-state index in [1.165, 1.54) is 95.7 Å². The average Bonchev–Trinajstić information content (AvgIpc) is 3.19. The Hall–Kier alpha value is -2.01. The molecule has 2 heterocycles. The highest BCUT2D eigenvalue weighted by Gasteiger charge is 2.43. The molecule has 0 unspecified atom stereocenters. The topological polar surface area (TPSA) is 143 Å². The molecule has 4 N–H and O–H groups in total. The lowest BCUT2D eigenvalue weighted by Crippen LogP contribution is -2.36. The number of rotatable bonds is 20.